The van der Waals surface area contributed by atoms with Crippen molar-refractivity contribution in [2.75, 3.05) is 27.3 Å². The summed E-state index contributed by atoms with van der Waals surface area (Å²) in [6.45, 7) is 1.29. The number of carbonyl (C=O) groups is 2. The van der Waals surface area contributed by atoms with Crippen molar-refractivity contribution < 1.29 is 14.3 Å². The predicted octanol–water partition coefficient (Wildman–Crippen LogP) is 1.73. The van der Waals surface area contributed by atoms with E-state index in [9.17, 15) is 9.59 Å². The number of carbonyl (C=O) groups excluding carboxylic acids is 2. The summed E-state index contributed by atoms with van der Waals surface area (Å²) in [4.78, 5) is 30.2. The van der Waals surface area contributed by atoms with Gasteiger partial charge in [0.15, 0.2) is 0 Å². The molecular weight excluding hydrogens is 306 g/mol. The second kappa shape index (κ2) is 8.79. The van der Waals surface area contributed by atoms with Crippen LogP contribution in [-0.4, -0.2) is 49.0 Å². The van der Waals surface area contributed by atoms with Crippen LogP contribution in [0.15, 0.2) is 48.5 Å². The standard InChI is InChI=1S/C18H21N3O3/c1-21(13-14-7-4-3-5-8-14)18(23)16-10-6-9-15(20-16)17(22)19-11-12-24-2/h3-10H,11-13H2,1-2H3,(H,19,22). The zero-order valence-corrected chi connectivity index (χ0v) is 13.9. The van der Waals surface area contributed by atoms with Gasteiger partial charge in [0.1, 0.15) is 11.4 Å². The maximum absolute atomic E-state index is 12.5. The zero-order chi connectivity index (χ0) is 17.4. The summed E-state index contributed by atoms with van der Waals surface area (Å²) in [5.41, 5.74) is 1.49. The number of nitrogens with zero attached hydrogens (tertiary/aromatic N) is 2. The average molecular weight is 327 g/mol. The van der Waals surface area contributed by atoms with E-state index in [2.05, 4.69) is 10.3 Å². The number of pyridine rings is 1. The summed E-state index contributed by atoms with van der Waals surface area (Å²) >= 11 is 0. The Morgan fingerprint density at radius 3 is 2.50 bits per heavy atom. The Kier molecular flexibility index (Phi) is 6.45. The van der Waals surface area contributed by atoms with Crippen LogP contribution in [-0.2, 0) is 11.3 Å². The molecule has 0 aliphatic heterocycles. The first-order chi connectivity index (χ1) is 11.6. The smallest absolute Gasteiger partial charge is 0.272 e. The number of hydrogen-bond acceptors (Lipinski definition) is 4. The first-order valence-corrected chi connectivity index (χ1v) is 7.65. The third-order valence-electron chi connectivity index (χ3n) is 3.40. The molecule has 0 fully saturated rings. The molecule has 0 bridgehead atoms. The molecule has 0 radical (unpaired) electrons. The highest BCUT2D eigenvalue weighted by Crippen LogP contribution is 2.08. The van der Waals surface area contributed by atoms with Gasteiger partial charge >= 0.3 is 0 Å². The molecule has 6 heteroatoms. The van der Waals surface area contributed by atoms with Crippen molar-refractivity contribution in [2.45, 2.75) is 6.54 Å². The fourth-order valence-electron chi connectivity index (χ4n) is 2.16. The first-order valence-electron chi connectivity index (χ1n) is 7.65. The van der Waals surface area contributed by atoms with E-state index in [1.54, 1.807) is 37.3 Å². The highest BCUT2D eigenvalue weighted by atomic mass is 16.5. The van der Waals surface area contributed by atoms with E-state index in [0.717, 1.165) is 5.56 Å². The van der Waals surface area contributed by atoms with E-state index in [-0.39, 0.29) is 23.2 Å². The third-order valence-corrected chi connectivity index (χ3v) is 3.40. The minimum Gasteiger partial charge on any atom is -0.383 e. The van der Waals surface area contributed by atoms with E-state index in [0.29, 0.717) is 19.7 Å². The van der Waals surface area contributed by atoms with Gasteiger partial charge in [-0.2, -0.15) is 0 Å². The van der Waals surface area contributed by atoms with Gasteiger partial charge in [-0.25, -0.2) is 4.98 Å². The highest BCUT2D eigenvalue weighted by Gasteiger charge is 2.16. The second-order valence-electron chi connectivity index (χ2n) is 5.30. The van der Waals surface area contributed by atoms with E-state index < -0.39 is 0 Å². The van der Waals surface area contributed by atoms with E-state index in [4.69, 9.17) is 4.74 Å². The Balaban J connectivity index is 2.04. The Hall–Kier alpha value is -2.73. The van der Waals surface area contributed by atoms with Crippen LogP contribution in [0.1, 0.15) is 26.5 Å². The molecular formula is C18H21N3O3. The van der Waals surface area contributed by atoms with Crippen molar-refractivity contribution in [3.8, 4) is 0 Å². The number of amides is 2. The van der Waals surface area contributed by atoms with Crippen molar-refractivity contribution in [3.63, 3.8) is 0 Å². The second-order valence-corrected chi connectivity index (χ2v) is 5.30. The van der Waals surface area contributed by atoms with Crippen molar-refractivity contribution in [1.82, 2.24) is 15.2 Å². The monoisotopic (exact) mass is 327 g/mol. The molecule has 24 heavy (non-hydrogen) atoms. The van der Waals surface area contributed by atoms with Crippen LogP contribution < -0.4 is 5.32 Å². The van der Waals surface area contributed by atoms with Crippen LogP contribution in [0.5, 0.6) is 0 Å². The van der Waals surface area contributed by atoms with Crippen molar-refractivity contribution in [1.29, 1.82) is 0 Å². The van der Waals surface area contributed by atoms with Crippen molar-refractivity contribution in [3.05, 3.63) is 65.5 Å². The average Bonchev–Trinajstić information content (AvgIpc) is 2.62. The quantitative estimate of drug-likeness (QED) is 0.786. The molecule has 0 unspecified atom stereocenters. The van der Waals surface area contributed by atoms with E-state index in [1.165, 1.54) is 0 Å². The third kappa shape index (κ3) is 4.89. The molecule has 1 N–H and O–H groups in total. The minimum atomic E-state index is -0.326. The van der Waals surface area contributed by atoms with Gasteiger partial charge in [-0.3, -0.25) is 9.59 Å². The summed E-state index contributed by atoms with van der Waals surface area (Å²) in [7, 11) is 3.27. The maximum Gasteiger partial charge on any atom is 0.272 e. The van der Waals surface area contributed by atoms with Crippen LogP contribution in [0.25, 0.3) is 0 Å². The Labute approximate surface area is 141 Å². The minimum absolute atomic E-state index is 0.213. The fraction of sp³-hybridized carbons (Fsp3) is 0.278. The number of benzene rings is 1. The summed E-state index contributed by atoms with van der Waals surface area (Å²) in [5.74, 6) is -0.558. The van der Waals surface area contributed by atoms with Gasteiger partial charge in [-0.1, -0.05) is 36.4 Å². The largest absolute Gasteiger partial charge is 0.383 e. The lowest BCUT2D eigenvalue weighted by Crippen LogP contribution is -2.30. The van der Waals surface area contributed by atoms with Gasteiger partial charge in [0.05, 0.1) is 6.61 Å². The molecule has 0 atom stereocenters. The summed E-state index contributed by atoms with van der Waals surface area (Å²) < 4.78 is 4.88. The predicted molar refractivity (Wildman–Crippen MR) is 90.7 cm³/mol. The molecule has 2 rings (SSSR count). The number of ether oxygens (including phenoxy) is 1. The van der Waals surface area contributed by atoms with Gasteiger partial charge in [0.25, 0.3) is 11.8 Å². The lowest BCUT2D eigenvalue weighted by atomic mass is 10.2. The van der Waals surface area contributed by atoms with Crippen molar-refractivity contribution in [2.24, 2.45) is 0 Å². The van der Waals surface area contributed by atoms with Gasteiger partial charge in [0, 0.05) is 27.2 Å². The molecule has 1 aromatic heterocycles. The molecule has 0 aliphatic carbocycles. The normalized spacial score (nSPS) is 10.2. The molecule has 2 aromatic rings. The summed E-state index contributed by atoms with van der Waals surface area (Å²) in [6.07, 6.45) is 0. The van der Waals surface area contributed by atoms with Crippen LogP contribution in [0.3, 0.4) is 0 Å². The molecule has 126 valence electrons. The Morgan fingerprint density at radius 1 is 1.08 bits per heavy atom. The molecule has 0 aliphatic rings. The Bertz CT molecular complexity index is 689. The number of hydrogen-bond donors (Lipinski definition) is 1. The van der Waals surface area contributed by atoms with Gasteiger partial charge in [0.2, 0.25) is 0 Å². The van der Waals surface area contributed by atoms with E-state index >= 15 is 0 Å². The van der Waals surface area contributed by atoms with Gasteiger partial charge in [-0.05, 0) is 17.7 Å². The first kappa shape index (κ1) is 17.6. The van der Waals surface area contributed by atoms with Crippen LogP contribution in [0.4, 0.5) is 0 Å². The Morgan fingerprint density at radius 2 is 1.79 bits per heavy atom. The zero-order valence-electron chi connectivity index (χ0n) is 13.9. The lowest BCUT2D eigenvalue weighted by Gasteiger charge is -2.17. The summed E-state index contributed by atoms with van der Waals surface area (Å²) in [6, 6.07) is 14.5. The molecule has 6 nitrogen and oxygen atoms in total. The SMILES string of the molecule is COCCNC(=O)c1cccc(C(=O)N(C)Cc2ccccc2)n1. The molecule has 0 saturated heterocycles. The fourth-order valence-corrected chi connectivity index (χ4v) is 2.16. The van der Waals surface area contributed by atoms with E-state index in [1.807, 2.05) is 30.3 Å². The summed E-state index contributed by atoms with van der Waals surface area (Å²) in [5, 5.41) is 2.68. The van der Waals surface area contributed by atoms with Crippen molar-refractivity contribution >= 4 is 11.8 Å². The van der Waals surface area contributed by atoms with Crippen LogP contribution >= 0.6 is 0 Å². The molecule has 1 aromatic carbocycles. The molecule has 1 heterocycles. The lowest BCUT2D eigenvalue weighted by molar-refractivity contribution is 0.0779. The topological polar surface area (TPSA) is 71.5 Å². The highest BCUT2D eigenvalue weighted by molar-refractivity contribution is 5.96. The van der Waals surface area contributed by atoms with Crippen LogP contribution in [0, 0.1) is 0 Å². The van der Waals surface area contributed by atoms with Gasteiger partial charge in [-0.15, -0.1) is 0 Å². The number of rotatable bonds is 7. The maximum atomic E-state index is 12.5. The molecule has 0 saturated carbocycles. The number of aromatic nitrogens is 1. The molecule has 0 spiro atoms. The van der Waals surface area contributed by atoms with Gasteiger partial charge < -0.3 is 15.0 Å². The van der Waals surface area contributed by atoms with Crippen LogP contribution in [0.2, 0.25) is 0 Å². The molecule has 2 amide bonds. The number of methoxy groups -OCH3 is 1. The number of nitrogens with one attached hydrogen (secondary N) is 1.